The van der Waals surface area contributed by atoms with Crippen molar-refractivity contribution in [2.75, 3.05) is 13.7 Å². The van der Waals surface area contributed by atoms with E-state index in [9.17, 15) is 10.1 Å². The first kappa shape index (κ1) is 19.0. The molecule has 0 unspecified atom stereocenters. The van der Waals surface area contributed by atoms with Crippen LogP contribution in [0.5, 0.6) is 5.75 Å². The number of para-hydroxylation sites is 1. The van der Waals surface area contributed by atoms with E-state index in [1.54, 1.807) is 13.2 Å². The van der Waals surface area contributed by atoms with Crippen molar-refractivity contribution < 1.29 is 9.53 Å². The summed E-state index contributed by atoms with van der Waals surface area (Å²) >= 11 is 2.16. The zero-order valence-corrected chi connectivity index (χ0v) is 16.9. The van der Waals surface area contributed by atoms with E-state index in [2.05, 4.69) is 39.0 Å². The van der Waals surface area contributed by atoms with Crippen LogP contribution in [-0.2, 0) is 11.2 Å². The minimum atomic E-state index is -0.372. The molecule has 27 heavy (non-hydrogen) atoms. The van der Waals surface area contributed by atoms with E-state index in [4.69, 9.17) is 4.74 Å². The van der Waals surface area contributed by atoms with Crippen molar-refractivity contribution in [1.82, 2.24) is 10.3 Å². The number of methoxy groups -OCH3 is 1. The maximum absolute atomic E-state index is 12.3. The number of benzene rings is 2. The molecule has 0 spiro atoms. The summed E-state index contributed by atoms with van der Waals surface area (Å²) < 4.78 is 6.14. The van der Waals surface area contributed by atoms with Gasteiger partial charge in [-0.2, -0.15) is 5.26 Å². The first-order chi connectivity index (χ1) is 13.1. The van der Waals surface area contributed by atoms with E-state index in [1.807, 2.05) is 48.7 Å². The second-order valence-electron chi connectivity index (χ2n) is 5.93. The molecule has 0 aliphatic heterocycles. The van der Waals surface area contributed by atoms with Gasteiger partial charge in [-0.1, -0.05) is 24.3 Å². The predicted octanol–water partition coefficient (Wildman–Crippen LogP) is 4.05. The summed E-state index contributed by atoms with van der Waals surface area (Å²) in [7, 11) is 1.61. The molecule has 0 saturated carbocycles. The number of nitriles is 1. The maximum atomic E-state index is 12.3. The van der Waals surface area contributed by atoms with E-state index in [1.165, 1.54) is 0 Å². The third-order valence-electron chi connectivity index (χ3n) is 4.21. The third-order valence-corrected chi connectivity index (χ3v) is 5.05. The van der Waals surface area contributed by atoms with Crippen molar-refractivity contribution in [2.24, 2.45) is 0 Å². The summed E-state index contributed by atoms with van der Waals surface area (Å²) in [4.78, 5) is 15.6. The Kier molecular flexibility index (Phi) is 6.14. The third kappa shape index (κ3) is 4.49. The van der Waals surface area contributed by atoms with Crippen LogP contribution in [0, 0.1) is 14.9 Å². The summed E-state index contributed by atoms with van der Waals surface area (Å²) in [6.45, 7) is 0.458. The lowest BCUT2D eigenvalue weighted by atomic mass is 10.1. The molecule has 0 saturated heterocycles. The lowest BCUT2D eigenvalue weighted by molar-refractivity contribution is -0.117. The molecule has 1 aromatic heterocycles. The second kappa shape index (κ2) is 8.73. The van der Waals surface area contributed by atoms with Gasteiger partial charge < -0.3 is 15.0 Å². The maximum Gasteiger partial charge on any atom is 0.261 e. The number of fused-ring (bicyclic) bond motifs is 1. The number of amides is 1. The van der Waals surface area contributed by atoms with Crippen molar-refractivity contribution >= 4 is 45.5 Å². The Balaban J connectivity index is 1.65. The molecule has 2 aromatic carbocycles. The first-order valence-corrected chi connectivity index (χ1v) is 9.49. The van der Waals surface area contributed by atoms with Gasteiger partial charge in [0, 0.05) is 23.6 Å². The molecule has 6 heteroatoms. The fraction of sp³-hybridized carbons (Fsp3) is 0.143. The average Bonchev–Trinajstić information content (AvgIpc) is 3.09. The van der Waals surface area contributed by atoms with Crippen molar-refractivity contribution in [1.29, 1.82) is 5.26 Å². The van der Waals surface area contributed by atoms with Gasteiger partial charge in [0.05, 0.1) is 10.7 Å². The quantitative estimate of drug-likeness (QED) is 0.324. The van der Waals surface area contributed by atoms with Crippen LogP contribution in [-0.4, -0.2) is 24.5 Å². The van der Waals surface area contributed by atoms with Gasteiger partial charge in [0.2, 0.25) is 0 Å². The zero-order chi connectivity index (χ0) is 19.2. The van der Waals surface area contributed by atoms with Crippen molar-refractivity contribution in [3.05, 3.63) is 68.9 Å². The number of aromatic nitrogens is 1. The highest BCUT2D eigenvalue weighted by Crippen LogP contribution is 2.23. The smallest absolute Gasteiger partial charge is 0.261 e. The standard InChI is InChI=1S/C21H18IN3O2/c1-27-20-7-6-14(11-18(20)22)10-16(12-23)21(26)24-9-8-15-13-25-19-5-3-2-4-17(15)19/h2-7,10-11,13,25H,8-9H2,1H3,(H,24,26)/b16-10-. The molecule has 1 heterocycles. The topological polar surface area (TPSA) is 77.9 Å². The SMILES string of the molecule is COc1ccc(/C=C(/C#N)C(=O)NCCc2c[nH]c3ccccc23)cc1I. The number of hydrogen-bond acceptors (Lipinski definition) is 3. The van der Waals surface area contributed by atoms with Crippen LogP contribution in [0.4, 0.5) is 0 Å². The number of nitrogens with zero attached hydrogens (tertiary/aromatic N) is 1. The van der Waals surface area contributed by atoms with Crippen LogP contribution >= 0.6 is 22.6 Å². The van der Waals surface area contributed by atoms with Gasteiger partial charge in [-0.05, 0) is 64.4 Å². The molecule has 136 valence electrons. The molecular formula is C21H18IN3O2. The summed E-state index contributed by atoms with van der Waals surface area (Å²) in [6.07, 6.45) is 4.23. The van der Waals surface area contributed by atoms with Gasteiger partial charge >= 0.3 is 0 Å². The first-order valence-electron chi connectivity index (χ1n) is 8.41. The van der Waals surface area contributed by atoms with Crippen molar-refractivity contribution in [3.63, 3.8) is 0 Å². The lowest BCUT2D eigenvalue weighted by Gasteiger charge is -2.06. The lowest BCUT2D eigenvalue weighted by Crippen LogP contribution is -2.26. The van der Waals surface area contributed by atoms with Gasteiger partial charge in [-0.25, -0.2) is 0 Å². The number of carbonyl (C=O) groups is 1. The van der Waals surface area contributed by atoms with Gasteiger partial charge in [0.25, 0.3) is 5.91 Å². The van der Waals surface area contributed by atoms with Crippen LogP contribution in [0.15, 0.2) is 54.2 Å². The summed E-state index contributed by atoms with van der Waals surface area (Å²) in [5.41, 5.74) is 3.07. The highest BCUT2D eigenvalue weighted by Gasteiger charge is 2.10. The molecular weight excluding hydrogens is 453 g/mol. The Hall–Kier alpha value is -2.79. The normalized spacial score (nSPS) is 11.2. The van der Waals surface area contributed by atoms with Gasteiger partial charge in [-0.3, -0.25) is 4.79 Å². The van der Waals surface area contributed by atoms with E-state index in [-0.39, 0.29) is 11.5 Å². The van der Waals surface area contributed by atoms with E-state index >= 15 is 0 Å². The Bertz CT molecular complexity index is 1050. The Morgan fingerprint density at radius 3 is 2.89 bits per heavy atom. The molecule has 0 bridgehead atoms. The molecule has 0 atom stereocenters. The van der Waals surface area contributed by atoms with Crippen LogP contribution in [0.25, 0.3) is 17.0 Å². The highest BCUT2D eigenvalue weighted by molar-refractivity contribution is 14.1. The predicted molar refractivity (Wildman–Crippen MR) is 114 cm³/mol. The summed E-state index contributed by atoms with van der Waals surface area (Å²) in [5.74, 6) is 0.387. The monoisotopic (exact) mass is 471 g/mol. The molecule has 1 amide bonds. The number of H-pyrrole nitrogens is 1. The van der Waals surface area contributed by atoms with Crippen LogP contribution in [0.3, 0.4) is 0 Å². The Morgan fingerprint density at radius 1 is 1.33 bits per heavy atom. The molecule has 0 aliphatic rings. The molecule has 0 fully saturated rings. The second-order valence-corrected chi connectivity index (χ2v) is 7.09. The number of carbonyl (C=O) groups excluding carboxylic acids is 1. The molecule has 5 nitrogen and oxygen atoms in total. The van der Waals surface area contributed by atoms with Crippen molar-refractivity contribution in [2.45, 2.75) is 6.42 Å². The Labute approximate surface area is 171 Å². The number of ether oxygens (including phenoxy) is 1. The molecule has 3 rings (SSSR count). The van der Waals surface area contributed by atoms with Crippen LogP contribution in [0.1, 0.15) is 11.1 Å². The largest absolute Gasteiger partial charge is 0.496 e. The molecule has 0 radical (unpaired) electrons. The van der Waals surface area contributed by atoms with Crippen LogP contribution in [0.2, 0.25) is 0 Å². The zero-order valence-electron chi connectivity index (χ0n) is 14.8. The number of rotatable bonds is 6. The summed E-state index contributed by atoms with van der Waals surface area (Å²) in [6, 6.07) is 15.5. The fourth-order valence-corrected chi connectivity index (χ4v) is 3.59. The fourth-order valence-electron chi connectivity index (χ4n) is 2.83. The number of nitrogens with one attached hydrogen (secondary N) is 2. The minimum Gasteiger partial charge on any atom is -0.496 e. The number of aromatic amines is 1. The molecule has 2 N–H and O–H groups in total. The van der Waals surface area contributed by atoms with E-state index in [0.29, 0.717) is 13.0 Å². The number of hydrogen-bond donors (Lipinski definition) is 2. The van der Waals surface area contributed by atoms with E-state index in [0.717, 1.165) is 31.3 Å². The Morgan fingerprint density at radius 2 is 2.15 bits per heavy atom. The highest BCUT2D eigenvalue weighted by atomic mass is 127. The van der Waals surface area contributed by atoms with Crippen molar-refractivity contribution in [3.8, 4) is 11.8 Å². The summed E-state index contributed by atoms with van der Waals surface area (Å²) in [5, 5.41) is 13.3. The average molecular weight is 471 g/mol. The molecule has 0 aliphatic carbocycles. The van der Waals surface area contributed by atoms with E-state index < -0.39 is 0 Å². The number of halogens is 1. The van der Waals surface area contributed by atoms with Gasteiger partial charge in [-0.15, -0.1) is 0 Å². The van der Waals surface area contributed by atoms with Gasteiger partial charge in [0.15, 0.2) is 0 Å². The van der Waals surface area contributed by atoms with Gasteiger partial charge in [0.1, 0.15) is 17.4 Å². The molecule has 3 aromatic rings. The van der Waals surface area contributed by atoms with Crippen LogP contribution < -0.4 is 10.1 Å². The minimum absolute atomic E-state index is 0.0786.